The van der Waals surface area contributed by atoms with Crippen LogP contribution in [-0.2, 0) is 7.05 Å². The first-order chi connectivity index (χ1) is 6.59. The number of rotatable bonds is 1. The Morgan fingerprint density at radius 2 is 2.36 bits per heavy atom. The number of nitrogen functional groups attached to an aromatic ring is 1. The Bertz CT molecular complexity index is 517. The van der Waals surface area contributed by atoms with Crippen LogP contribution in [0.2, 0.25) is 0 Å². The van der Waals surface area contributed by atoms with Crippen molar-refractivity contribution in [3.8, 4) is 0 Å². The molecule has 3 N–H and O–H groups in total. The van der Waals surface area contributed by atoms with Gasteiger partial charge >= 0.3 is 5.97 Å². The molecule has 0 radical (unpaired) electrons. The third-order valence-corrected chi connectivity index (χ3v) is 2.00. The third-order valence-electron chi connectivity index (χ3n) is 2.00. The predicted molar refractivity (Wildman–Crippen MR) is 49.9 cm³/mol. The second kappa shape index (κ2) is 2.69. The SMILES string of the molecule is Cn1c(C(=O)O)cc2cnc(N)nc21. The van der Waals surface area contributed by atoms with Crippen molar-refractivity contribution < 1.29 is 9.90 Å². The second-order valence-corrected chi connectivity index (χ2v) is 2.90. The van der Waals surface area contributed by atoms with Gasteiger partial charge in [0.15, 0.2) is 0 Å². The number of fused-ring (bicyclic) bond motifs is 1. The minimum absolute atomic E-state index is 0.135. The van der Waals surface area contributed by atoms with Crippen molar-refractivity contribution >= 4 is 23.0 Å². The lowest BCUT2D eigenvalue weighted by molar-refractivity contribution is 0.0687. The van der Waals surface area contributed by atoms with Gasteiger partial charge in [0, 0.05) is 18.6 Å². The summed E-state index contributed by atoms with van der Waals surface area (Å²) in [6, 6.07) is 1.51. The van der Waals surface area contributed by atoms with E-state index < -0.39 is 5.97 Å². The molecule has 6 nitrogen and oxygen atoms in total. The second-order valence-electron chi connectivity index (χ2n) is 2.90. The molecule has 0 saturated heterocycles. The molecule has 0 aromatic carbocycles. The molecule has 2 aromatic heterocycles. The normalized spacial score (nSPS) is 10.6. The lowest BCUT2D eigenvalue weighted by Gasteiger charge is -1.97. The minimum Gasteiger partial charge on any atom is -0.477 e. The van der Waals surface area contributed by atoms with E-state index in [2.05, 4.69) is 9.97 Å². The Morgan fingerprint density at radius 3 is 3.00 bits per heavy atom. The summed E-state index contributed by atoms with van der Waals surface area (Å²) in [6.45, 7) is 0. The first-order valence-corrected chi connectivity index (χ1v) is 3.91. The highest BCUT2D eigenvalue weighted by Crippen LogP contribution is 2.16. The number of nitrogens with zero attached hydrogens (tertiary/aromatic N) is 3. The number of hydrogen-bond donors (Lipinski definition) is 2. The van der Waals surface area contributed by atoms with Gasteiger partial charge in [-0.3, -0.25) is 0 Å². The van der Waals surface area contributed by atoms with Crippen molar-refractivity contribution in [2.45, 2.75) is 0 Å². The molecule has 0 spiro atoms. The Labute approximate surface area is 79.0 Å². The van der Waals surface area contributed by atoms with E-state index >= 15 is 0 Å². The van der Waals surface area contributed by atoms with Crippen LogP contribution < -0.4 is 5.73 Å². The molecular weight excluding hydrogens is 184 g/mol. The van der Waals surface area contributed by atoms with E-state index in [0.29, 0.717) is 11.0 Å². The molecule has 72 valence electrons. The fraction of sp³-hybridized carbons (Fsp3) is 0.125. The summed E-state index contributed by atoms with van der Waals surface area (Å²) < 4.78 is 1.47. The maximum atomic E-state index is 10.8. The monoisotopic (exact) mass is 192 g/mol. The minimum atomic E-state index is -0.996. The lowest BCUT2D eigenvalue weighted by atomic mass is 10.4. The molecule has 2 heterocycles. The van der Waals surface area contributed by atoms with Gasteiger partial charge in [0.05, 0.1) is 0 Å². The van der Waals surface area contributed by atoms with Crippen LogP contribution in [0.4, 0.5) is 5.95 Å². The first-order valence-electron chi connectivity index (χ1n) is 3.91. The van der Waals surface area contributed by atoms with Crippen molar-refractivity contribution in [3.63, 3.8) is 0 Å². The number of hydrogen-bond acceptors (Lipinski definition) is 4. The highest BCUT2D eigenvalue weighted by Gasteiger charge is 2.12. The Balaban J connectivity index is 2.80. The molecule has 0 bridgehead atoms. The van der Waals surface area contributed by atoms with Gasteiger partial charge in [-0.05, 0) is 6.07 Å². The van der Waals surface area contributed by atoms with Gasteiger partial charge in [-0.2, -0.15) is 4.98 Å². The van der Waals surface area contributed by atoms with E-state index in [1.165, 1.54) is 16.8 Å². The number of carboxylic acid groups (broad SMARTS) is 1. The highest BCUT2D eigenvalue weighted by atomic mass is 16.4. The maximum Gasteiger partial charge on any atom is 0.352 e. The molecular formula is C8H8N4O2. The van der Waals surface area contributed by atoms with Crippen LogP contribution in [0.3, 0.4) is 0 Å². The summed E-state index contributed by atoms with van der Waals surface area (Å²) in [6.07, 6.45) is 1.50. The summed E-state index contributed by atoms with van der Waals surface area (Å²) in [5.41, 5.74) is 6.08. The van der Waals surface area contributed by atoms with Gasteiger partial charge < -0.3 is 15.4 Å². The largest absolute Gasteiger partial charge is 0.477 e. The van der Waals surface area contributed by atoms with Gasteiger partial charge in [0.2, 0.25) is 5.95 Å². The van der Waals surface area contributed by atoms with E-state index in [4.69, 9.17) is 10.8 Å². The number of carbonyl (C=O) groups is 1. The molecule has 0 saturated carbocycles. The molecule has 0 amide bonds. The van der Waals surface area contributed by atoms with Crippen molar-refractivity contribution in [1.29, 1.82) is 0 Å². The van der Waals surface area contributed by atoms with Crippen molar-refractivity contribution in [2.75, 3.05) is 5.73 Å². The zero-order valence-corrected chi connectivity index (χ0v) is 7.43. The molecule has 2 aromatic rings. The van der Waals surface area contributed by atoms with Crippen LogP contribution in [0.15, 0.2) is 12.3 Å². The zero-order valence-electron chi connectivity index (χ0n) is 7.43. The zero-order chi connectivity index (χ0) is 10.3. The Hall–Kier alpha value is -2.11. The number of nitrogens with two attached hydrogens (primary N) is 1. The molecule has 0 aliphatic carbocycles. The van der Waals surface area contributed by atoms with E-state index in [-0.39, 0.29) is 11.6 Å². The molecule has 0 fully saturated rings. The topological polar surface area (TPSA) is 94.0 Å². The van der Waals surface area contributed by atoms with Crippen LogP contribution >= 0.6 is 0 Å². The van der Waals surface area contributed by atoms with Crippen LogP contribution in [0.1, 0.15) is 10.5 Å². The van der Waals surface area contributed by atoms with Gasteiger partial charge in [-0.15, -0.1) is 0 Å². The summed E-state index contributed by atoms with van der Waals surface area (Å²) in [4.78, 5) is 18.5. The fourth-order valence-corrected chi connectivity index (χ4v) is 1.33. The summed E-state index contributed by atoms with van der Waals surface area (Å²) >= 11 is 0. The van der Waals surface area contributed by atoms with E-state index in [1.807, 2.05) is 0 Å². The summed E-state index contributed by atoms with van der Waals surface area (Å²) in [7, 11) is 1.62. The standard InChI is InChI=1S/C8H8N4O2/c1-12-5(7(13)14)2-4-3-10-8(9)11-6(4)12/h2-3H,1H3,(H,13,14)(H2,9,10,11). The van der Waals surface area contributed by atoms with Crippen molar-refractivity contribution in [3.05, 3.63) is 18.0 Å². The van der Waals surface area contributed by atoms with Crippen molar-refractivity contribution in [2.24, 2.45) is 7.05 Å². The summed E-state index contributed by atoms with van der Waals surface area (Å²) in [5.74, 6) is -0.861. The lowest BCUT2D eigenvalue weighted by Crippen LogP contribution is -2.04. The molecule has 6 heteroatoms. The average molecular weight is 192 g/mol. The number of aromatic carboxylic acids is 1. The van der Waals surface area contributed by atoms with Crippen molar-refractivity contribution in [1.82, 2.24) is 14.5 Å². The fourth-order valence-electron chi connectivity index (χ4n) is 1.33. The average Bonchev–Trinajstić information content (AvgIpc) is 2.44. The predicted octanol–water partition coefficient (Wildman–Crippen LogP) is 0.249. The molecule has 0 aliphatic heterocycles. The van der Waals surface area contributed by atoms with E-state index in [0.717, 1.165) is 0 Å². The van der Waals surface area contributed by atoms with Gasteiger partial charge in [0.25, 0.3) is 0 Å². The molecule has 2 rings (SSSR count). The maximum absolute atomic E-state index is 10.8. The van der Waals surface area contributed by atoms with Crippen LogP contribution in [0, 0.1) is 0 Å². The first kappa shape index (κ1) is 8.49. The Morgan fingerprint density at radius 1 is 1.64 bits per heavy atom. The quantitative estimate of drug-likeness (QED) is 0.675. The molecule has 14 heavy (non-hydrogen) atoms. The third kappa shape index (κ3) is 1.08. The molecule has 0 unspecified atom stereocenters. The van der Waals surface area contributed by atoms with Gasteiger partial charge in [-0.1, -0.05) is 0 Å². The van der Waals surface area contributed by atoms with Crippen LogP contribution in [-0.4, -0.2) is 25.6 Å². The number of carboxylic acids is 1. The van der Waals surface area contributed by atoms with E-state index in [1.54, 1.807) is 7.05 Å². The molecule has 0 atom stereocenters. The molecule has 0 aliphatic rings. The number of aromatic nitrogens is 3. The summed E-state index contributed by atoms with van der Waals surface area (Å²) in [5, 5.41) is 9.50. The highest BCUT2D eigenvalue weighted by molar-refractivity contribution is 5.93. The van der Waals surface area contributed by atoms with Gasteiger partial charge in [0.1, 0.15) is 11.3 Å². The van der Waals surface area contributed by atoms with Gasteiger partial charge in [-0.25, -0.2) is 9.78 Å². The number of anilines is 1. The van der Waals surface area contributed by atoms with E-state index in [9.17, 15) is 4.79 Å². The van der Waals surface area contributed by atoms with Crippen LogP contribution in [0.25, 0.3) is 11.0 Å². The van der Waals surface area contributed by atoms with Crippen LogP contribution in [0.5, 0.6) is 0 Å². The Kier molecular flexibility index (Phi) is 1.63. The number of aryl methyl sites for hydroxylation is 1. The smallest absolute Gasteiger partial charge is 0.352 e.